The van der Waals surface area contributed by atoms with E-state index in [1.54, 1.807) is 36.1 Å². The molecule has 7 nitrogen and oxygen atoms in total. The van der Waals surface area contributed by atoms with Crippen molar-refractivity contribution in [3.63, 3.8) is 0 Å². The molecule has 8 heteroatoms. The second kappa shape index (κ2) is 7.32. The number of aliphatic carboxylic acids is 1. The van der Waals surface area contributed by atoms with E-state index in [0.717, 1.165) is 5.56 Å². The summed E-state index contributed by atoms with van der Waals surface area (Å²) >= 11 is 0. The summed E-state index contributed by atoms with van der Waals surface area (Å²) in [5, 5.41) is 11.6. The molecule has 0 fully saturated rings. The minimum atomic E-state index is -3.92. The lowest BCUT2D eigenvalue weighted by Crippen LogP contribution is -2.37. The molecule has 3 N–H and O–H groups in total. The lowest BCUT2D eigenvalue weighted by Gasteiger charge is -2.10. The van der Waals surface area contributed by atoms with Crippen molar-refractivity contribution in [2.75, 3.05) is 12.8 Å². The van der Waals surface area contributed by atoms with E-state index < -0.39 is 22.1 Å². The number of nitrogens with zero attached hydrogens (tertiary/aromatic N) is 1. The van der Waals surface area contributed by atoms with Crippen LogP contribution in [0.1, 0.15) is 12.0 Å². The van der Waals surface area contributed by atoms with Crippen LogP contribution < -0.4 is 9.88 Å². The number of carboxylic acid groups (broad SMARTS) is 1. The van der Waals surface area contributed by atoms with Gasteiger partial charge in [-0.05, 0) is 19.0 Å². The number of aromatic nitrogens is 1. The van der Waals surface area contributed by atoms with Crippen LogP contribution in [-0.4, -0.2) is 42.9 Å². The number of hydrogen-bond donors (Lipinski definition) is 3. The minimum Gasteiger partial charge on any atom is -0.480 e. The molecule has 1 heterocycles. The highest BCUT2D eigenvalue weighted by Crippen LogP contribution is 2.01. The van der Waals surface area contributed by atoms with E-state index in [0.29, 0.717) is 19.4 Å². The maximum Gasteiger partial charge on any atom is 0.321 e. The molecule has 0 aliphatic carbocycles. The maximum atomic E-state index is 10.9. The Bertz CT molecular complexity index is 541. The van der Waals surface area contributed by atoms with Gasteiger partial charge in [-0.2, -0.15) is 8.42 Å². The molecule has 0 aliphatic heterocycles. The molecule has 20 heavy (non-hydrogen) atoms. The predicted molar refractivity (Wildman–Crippen MR) is 71.9 cm³/mol. The average molecular weight is 303 g/mol. The van der Waals surface area contributed by atoms with Gasteiger partial charge in [0.1, 0.15) is 12.6 Å². The first-order valence-electron chi connectivity index (χ1n) is 6.15. The third-order valence-electron chi connectivity index (χ3n) is 2.87. The standard InChI is InChI=1S/C12H18N2O5S/c1-13-11(12(15)16)9-10-3-6-14(7-4-10)5-2-8-20(17,18)19/h3-4,6-7,11,13H,2,5,8-9H2,1H3,(H-,15,16,17,18,19)/p+1/t11-/m0/s1. The highest BCUT2D eigenvalue weighted by molar-refractivity contribution is 7.85. The van der Waals surface area contributed by atoms with Crippen molar-refractivity contribution in [1.29, 1.82) is 0 Å². The summed E-state index contributed by atoms with van der Waals surface area (Å²) in [7, 11) is -2.32. The van der Waals surface area contributed by atoms with E-state index in [4.69, 9.17) is 9.66 Å². The Hall–Kier alpha value is -1.51. The summed E-state index contributed by atoms with van der Waals surface area (Å²) in [6.45, 7) is 0.467. The molecule has 1 aromatic heterocycles. The second-order valence-electron chi connectivity index (χ2n) is 4.47. The topological polar surface area (TPSA) is 108 Å². The van der Waals surface area contributed by atoms with Gasteiger partial charge in [-0.15, -0.1) is 0 Å². The van der Waals surface area contributed by atoms with Crippen LogP contribution in [0.5, 0.6) is 0 Å². The summed E-state index contributed by atoms with van der Waals surface area (Å²) in [5.41, 5.74) is 0.873. The largest absolute Gasteiger partial charge is 0.480 e. The fraction of sp³-hybridized carbons (Fsp3) is 0.500. The molecule has 1 aromatic rings. The van der Waals surface area contributed by atoms with Gasteiger partial charge < -0.3 is 10.4 Å². The molecular weight excluding hydrogens is 284 g/mol. The van der Waals surface area contributed by atoms with E-state index >= 15 is 0 Å². The van der Waals surface area contributed by atoms with Gasteiger partial charge in [-0.3, -0.25) is 9.35 Å². The van der Waals surface area contributed by atoms with Crippen molar-refractivity contribution >= 4 is 16.1 Å². The SMILES string of the molecule is CN[C@@H](Cc1cc[n+](CCCS(=O)(=O)O)cc1)C(=O)O. The molecule has 0 unspecified atom stereocenters. The Labute approximate surface area is 118 Å². The van der Waals surface area contributed by atoms with Gasteiger partial charge >= 0.3 is 5.97 Å². The van der Waals surface area contributed by atoms with Crippen molar-refractivity contribution in [3.05, 3.63) is 30.1 Å². The number of pyridine rings is 1. The van der Waals surface area contributed by atoms with Crippen LogP contribution in [0.2, 0.25) is 0 Å². The number of carbonyl (C=O) groups is 1. The van der Waals surface area contributed by atoms with Gasteiger partial charge in [-0.1, -0.05) is 0 Å². The number of rotatable bonds is 8. The smallest absolute Gasteiger partial charge is 0.321 e. The lowest BCUT2D eigenvalue weighted by atomic mass is 10.1. The van der Waals surface area contributed by atoms with Gasteiger partial charge in [0.15, 0.2) is 12.4 Å². The van der Waals surface area contributed by atoms with Crippen LogP contribution in [0.15, 0.2) is 24.5 Å². The highest BCUT2D eigenvalue weighted by Gasteiger charge is 2.16. The lowest BCUT2D eigenvalue weighted by molar-refractivity contribution is -0.696. The highest BCUT2D eigenvalue weighted by atomic mass is 32.2. The van der Waals surface area contributed by atoms with E-state index in [1.807, 2.05) is 0 Å². The van der Waals surface area contributed by atoms with Gasteiger partial charge in [0.25, 0.3) is 10.1 Å². The molecule has 0 saturated carbocycles. The van der Waals surface area contributed by atoms with Crippen molar-refractivity contribution in [3.8, 4) is 0 Å². The van der Waals surface area contributed by atoms with E-state index in [1.165, 1.54) is 0 Å². The van der Waals surface area contributed by atoms with Crippen molar-refractivity contribution in [2.45, 2.75) is 25.4 Å². The van der Waals surface area contributed by atoms with Gasteiger partial charge in [-0.25, -0.2) is 4.57 Å². The average Bonchev–Trinajstić information content (AvgIpc) is 2.35. The van der Waals surface area contributed by atoms with Crippen LogP contribution in [0.3, 0.4) is 0 Å². The predicted octanol–water partition coefficient (Wildman–Crippen LogP) is -0.533. The molecule has 0 amide bonds. The molecule has 0 aromatic carbocycles. The zero-order valence-corrected chi connectivity index (χ0v) is 12.0. The molecule has 112 valence electrons. The van der Waals surface area contributed by atoms with Crippen LogP contribution in [0.4, 0.5) is 0 Å². The Balaban J connectivity index is 2.54. The Morgan fingerprint density at radius 2 is 2.00 bits per heavy atom. The van der Waals surface area contributed by atoms with E-state index in [-0.39, 0.29) is 5.75 Å². The molecule has 1 rings (SSSR count). The fourth-order valence-electron chi connectivity index (χ4n) is 1.75. The maximum absolute atomic E-state index is 10.9. The summed E-state index contributed by atoms with van der Waals surface area (Å²) in [6, 6.07) is 2.95. The number of likely N-dealkylation sites (N-methyl/N-ethyl adjacent to an activating group) is 1. The Morgan fingerprint density at radius 3 is 2.45 bits per heavy atom. The first-order valence-corrected chi connectivity index (χ1v) is 7.76. The van der Waals surface area contributed by atoms with Crippen molar-refractivity contribution in [2.24, 2.45) is 0 Å². The number of aryl methyl sites for hydroxylation is 1. The normalized spacial score (nSPS) is 13.1. The number of nitrogens with one attached hydrogen (secondary N) is 1. The monoisotopic (exact) mass is 303 g/mol. The number of carboxylic acids is 1. The zero-order chi connectivity index (χ0) is 15.2. The summed E-state index contributed by atoms with van der Waals surface area (Å²) in [5.74, 6) is -1.18. The van der Waals surface area contributed by atoms with E-state index in [9.17, 15) is 13.2 Å². The third kappa shape index (κ3) is 6.09. The minimum absolute atomic E-state index is 0.275. The Morgan fingerprint density at radius 1 is 1.40 bits per heavy atom. The Kier molecular flexibility index (Phi) is 6.05. The summed E-state index contributed by atoms with van der Waals surface area (Å²) < 4.78 is 31.6. The molecule has 0 spiro atoms. The molecule has 1 atom stereocenters. The summed E-state index contributed by atoms with van der Waals surface area (Å²) in [4.78, 5) is 10.9. The van der Waals surface area contributed by atoms with Crippen LogP contribution >= 0.6 is 0 Å². The first-order chi connectivity index (χ1) is 9.31. The molecular formula is C12H19N2O5S+. The van der Waals surface area contributed by atoms with Crippen LogP contribution in [0.25, 0.3) is 0 Å². The molecule has 0 radical (unpaired) electrons. The second-order valence-corrected chi connectivity index (χ2v) is 6.04. The van der Waals surface area contributed by atoms with E-state index in [2.05, 4.69) is 5.32 Å². The third-order valence-corrected chi connectivity index (χ3v) is 3.67. The molecule has 0 aliphatic rings. The van der Waals surface area contributed by atoms with Crippen LogP contribution in [0, 0.1) is 0 Å². The molecule has 0 saturated heterocycles. The first kappa shape index (κ1) is 16.5. The number of hydrogen-bond acceptors (Lipinski definition) is 4. The summed E-state index contributed by atoms with van der Waals surface area (Å²) in [6.07, 6.45) is 4.20. The van der Waals surface area contributed by atoms with Crippen molar-refractivity contribution in [1.82, 2.24) is 5.32 Å². The zero-order valence-electron chi connectivity index (χ0n) is 11.2. The molecule has 0 bridgehead atoms. The van der Waals surface area contributed by atoms with Gasteiger partial charge in [0, 0.05) is 18.6 Å². The van der Waals surface area contributed by atoms with Crippen molar-refractivity contribution < 1.29 is 27.4 Å². The van der Waals surface area contributed by atoms with Gasteiger partial charge in [0.05, 0.1) is 5.75 Å². The quantitative estimate of drug-likeness (QED) is 0.440. The van der Waals surface area contributed by atoms with Crippen LogP contribution in [-0.2, 0) is 27.9 Å². The fourth-order valence-corrected chi connectivity index (χ4v) is 2.25. The van der Waals surface area contributed by atoms with Gasteiger partial charge in [0.2, 0.25) is 0 Å².